The van der Waals surface area contributed by atoms with Gasteiger partial charge in [0.15, 0.2) is 0 Å². The van der Waals surface area contributed by atoms with Crippen LogP contribution in [0.2, 0.25) is 0 Å². The molecule has 0 saturated carbocycles. The smallest absolute Gasteiger partial charge is 0.303 e. The largest absolute Gasteiger partial charge is 0.481 e. The maximum atomic E-state index is 10.3. The molecule has 1 N–H and O–H groups in total. The Morgan fingerprint density at radius 2 is 1.62 bits per heavy atom. The van der Waals surface area contributed by atoms with Crippen LogP contribution in [-0.4, -0.2) is 11.1 Å². The summed E-state index contributed by atoms with van der Waals surface area (Å²) >= 11 is 0. The number of carbonyl (C=O) groups is 1. The van der Waals surface area contributed by atoms with Crippen molar-refractivity contribution in [1.29, 1.82) is 0 Å². The Kier molecular flexibility index (Phi) is 15.3. The van der Waals surface area contributed by atoms with Crippen molar-refractivity contribution < 1.29 is 9.90 Å². The highest BCUT2D eigenvalue weighted by Gasteiger charge is 1.90. The normalized spacial score (nSPS) is 10.9. The third kappa shape index (κ3) is 18.5. The van der Waals surface area contributed by atoms with Crippen LogP contribution in [-0.2, 0) is 4.79 Å². The van der Waals surface area contributed by atoms with Crippen LogP contribution in [0.5, 0.6) is 0 Å². The molecule has 0 bridgehead atoms. The summed E-state index contributed by atoms with van der Waals surface area (Å²) in [4.78, 5) is 10.3. The Morgan fingerprint density at radius 3 is 2.38 bits per heavy atom. The van der Waals surface area contributed by atoms with Crippen LogP contribution in [0, 0.1) is 0 Å². The van der Waals surface area contributed by atoms with Crippen molar-refractivity contribution in [3.63, 3.8) is 0 Å². The lowest BCUT2D eigenvalue weighted by molar-refractivity contribution is -0.136. The molecular weight excluding hydrogens is 260 g/mol. The van der Waals surface area contributed by atoms with Gasteiger partial charge in [-0.1, -0.05) is 56.9 Å². The third-order valence-corrected chi connectivity index (χ3v) is 3.07. The molecule has 0 aromatic heterocycles. The zero-order valence-corrected chi connectivity index (χ0v) is 13.4. The van der Waals surface area contributed by atoms with Crippen molar-refractivity contribution in [2.24, 2.45) is 0 Å². The lowest BCUT2D eigenvalue weighted by Crippen LogP contribution is -1.91. The predicted octanol–water partition coefficient (Wildman–Crippen LogP) is 5.82. The highest BCUT2D eigenvalue weighted by atomic mass is 16.4. The standard InChI is InChI=1S/C19H30O2/c1-2-3-4-5-6-7-8-9-10-11-12-13-14-15-16-17-18-19(20)21/h8-9,11-12,14,16H,2-7,10,13,17-18H2,1H3,(H,20,21). The first-order valence-electron chi connectivity index (χ1n) is 8.18. The fraction of sp³-hybridized carbons (Fsp3) is 0.579. The SMILES string of the molecule is CCCCCCCC=CCC=CCC=C=CCCC(=O)O. The maximum Gasteiger partial charge on any atom is 0.303 e. The molecule has 0 fully saturated rings. The molecule has 0 heterocycles. The van der Waals surface area contributed by atoms with Crippen LogP contribution in [0.4, 0.5) is 0 Å². The Bertz CT molecular complexity index is 358. The second-order valence-corrected chi connectivity index (χ2v) is 5.12. The van der Waals surface area contributed by atoms with Gasteiger partial charge < -0.3 is 5.11 Å². The topological polar surface area (TPSA) is 37.3 Å². The average molecular weight is 290 g/mol. The van der Waals surface area contributed by atoms with Gasteiger partial charge in [-0.05, 0) is 44.3 Å². The van der Waals surface area contributed by atoms with Crippen molar-refractivity contribution >= 4 is 5.97 Å². The quantitative estimate of drug-likeness (QED) is 0.264. The van der Waals surface area contributed by atoms with Gasteiger partial charge in [0, 0.05) is 6.42 Å². The minimum atomic E-state index is -0.759. The van der Waals surface area contributed by atoms with Crippen LogP contribution < -0.4 is 0 Å². The highest BCUT2D eigenvalue weighted by molar-refractivity contribution is 5.66. The summed E-state index contributed by atoms with van der Waals surface area (Å²) in [5.74, 6) is -0.759. The van der Waals surface area contributed by atoms with Gasteiger partial charge in [-0.3, -0.25) is 4.79 Å². The van der Waals surface area contributed by atoms with Crippen molar-refractivity contribution in [2.75, 3.05) is 0 Å². The molecule has 0 amide bonds. The monoisotopic (exact) mass is 290 g/mol. The van der Waals surface area contributed by atoms with Crippen molar-refractivity contribution in [1.82, 2.24) is 0 Å². The number of rotatable bonds is 13. The first kappa shape index (κ1) is 19.5. The van der Waals surface area contributed by atoms with E-state index in [1.165, 1.54) is 38.5 Å². The van der Waals surface area contributed by atoms with Crippen LogP contribution in [0.15, 0.2) is 42.2 Å². The van der Waals surface area contributed by atoms with Crippen molar-refractivity contribution in [2.45, 2.75) is 71.1 Å². The lowest BCUT2D eigenvalue weighted by atomic mass is 10.1. The van der Waals surface area contributed by atoms with E-state index in [-0.39, 0.29) is 6.42 Å². The molecule has 0 aliphatic rings. The molecule has 2 nitrogen and oxygen atoms in total. The van der Waals surface area contributed by atoms with E-state index in [0.717, 1.165) is 12.8 Å². The van der Waals surface area contributed by atoms with Gasteiger partial charge in [0.25, 0.3) is 0 Å². The summed E-state index contributed by atoms with van der Waals surface area (Å²) in [7, 11) is 0. The maximum absolute atomic E-state index is 10.3. The van der Waals surface area contributed by atoms with Crippen LogP contribution in [0.25, 0.3) is 0 Å². The Balaban J connectivity index is 3.43. The van der Waals surface area contributed by atoms with Crippen LogP contribution >= 0.6 is 0 Å². The highest BCUT2D eigenvalue weighted by Crippen LogP contribution is 2.05. The minimum Gasteiger partial charge on any atom is -0.481 e. The van der Waals surface area contributed by atoms with E-state index in [2.05, 4.69) is 37.0 Å². The summed E-state index contributed by atoms with van der Waals surface area (Å²) in [6.07, 6.45) is 23.0. The molecule has 2 heteroatoms. The summed E-state index contributed by atoms with van der Waals surface area (Å²) in [5, 5.41) is 8.45. The molecule has 0 radical (unpaired) electrons. The van der Waals surface area contributed by atoms with Gasteiger partial charge in [0.2, 0.25) is 0 Å². The molecule has 21 heavy (non-hydrogen) atoms. The second-order valence-electron chi connectivity index (χ2n) is 5.12. The first-order chi connectivity index (χ1) is 10.3. The predicted molar refractivity (Wildman–Crippen MR) is 90.4 cm³/mol. The summed E-state index contributed by atoms with van der Waals surface area (Å²) < 4.78 is 0. The van der Waals surface area contributed by atoms with Gasteiger partial charge >= 0.3 is 5.97 Å². The fourth-order valence-corrected chi connectivity index (χ4v) is 1.85. The third-order valence-electron chi connectivity index (χ3n) is 3.07. The van der Waals surface area contributed by atoms with Gasteiger partial charge in [-0.25, -0.2) is 0 Å². The number of hydrogen-bond acceptors (Lipinski definition) is 1. The molecule has 0 spiro atoms. The zero-order chi connectivity index (χ0) is 15.6. The van der Waals surface area contributed by atoms with E-state index < -0.39 is 5.97 Å². The average Bonchev–Trinajstić information content (AvgIpc) is 2.46. The zero-order valence-electron chi connectivity index (χ0n) is 13.4. The molecular formula is C19H30O2. The molecule has 0 unspecified atom stereocenters. The molecule has 0 aromatic rings. The van der Waals surface area contributed by atoms with E-state index in [9.17, 15) is 4.79 Å². The van der Waals surface area contributed by atoms with E-state index in [4.69, 9.17) is 5.11 Å². The second kappa shape index (κ2) is 16.5. The number of allylic oxidation sites excluding steroid dienone is 5. The molecule has 0 aliphatic heterocycles. The van der Waals surface area contributed by atoms with Crippen molar-refractivity contribution in [3.8, 4) is 0 Å². The number of unbranched alkanes of at least 4 members (excludes halogenated alkanes) is 5. The molecule has 118 valence electrons. The van der Waals surface area contributed by atoms with E-state index in [1.807, 2.05) is 6.08 Å². The first-order valence-corrected chi connectivity index (χ1v) is 8.18. The fourth-order valence-electron chi connectivity index (χ4n) is 1.85. The van der Waals surface area contributed by atoms with Gasteiger partial charge in [0.05, 0.1) is 0 Å². The number of carboxylic acid groups (broad SMARTS) is 1. The lowest BCUT2D eigenvalue weighted by Gasteiger charge is -1.95. The number of carboxylic acids is 1. The number of hydrogen-bond donors (Lipinski definition) is 1. The van der Waals surface area contributed by atoms with E-state index in [0.29, 0.717) is 6.42 Å². The van der Waals surface area contributed by atoms with Gasteiger partial charge in [-0.15, -0.1) is 5.73 Å². The molecule has 0 aromatic carbocycles. The van der Waals surface area contributed by atoms with E-state index >= 15 is 0 Å². The molecule has 0 rings (SSSR count). The minimum absolute atomic E-state index is 0.180. The Labute approximate surface area is 130 Å². The van der Waals surface area contributed by atoms with Gasteiger partial charge in [0.1, 0.15) is 0 Å². The van der Waals surface area contributed by atoms with E-state index in [1.54, 1.807) is 6.08 Å². The Morgan fingerprint density at radius 1 is 0.905 bits per heavy atom. The molecule has 0 aliphatic carbocycles. The summed E-state index contributed by atoms with van der Waals surface area (Å²) in [6.45, 7) is 2.24. The Hall–Kier alpha value is -1.53. The summed E-state index contributed by atoms with van der Waals surface area (Å²) in [6, 6.07) is 0. The van der Waals surface area contributed by atoms with Gasteiger partial charge in [-0.2, -0.15) is 0 Å². The summed E-state index contributed by atoms with van der Waals surface area (Å²) in [5.41, 5.74) is 2.99. The van der Waals surface area contributed by atoms with Crippen LogP contribution in [0.3, 0.4) is 0 Å². The van der Waals surface area contributed by atoms with Crippen molar-refractivity contribution in [3.05, 3.63) is 42.2 Å². The van der Waals surface area contributed by atoms with Crippen LogP contribution in [0.1, 0.15) is 71.1 Å². The number of aliphatic carboxylic acids is 1. The molecule has 0 atom stereocenters. The molecule has 0 saturated heterocycles.